The minimum Gasteiger partial charge on any atom is -0.248 e. The van der Waals surface area contributed by atoms with Gasteiger partial charge in [0.2, 0.25) is 0 Å². The molecule has 0 N–H and O–H groups in total. The Balaban J connectivity index is 1.09. The van der Waals surface area contributed by atoms with Crippen molar-refractivity contribution in [1.29, 1.82) is 0 Å². The lowest BCUT2D eigenvalue weighted by atomic mass is 9.70. The predicted octanol–water partition coefficient (Wildman–Crippen LogP) is 14.5. The first kappa shape index (κ1) is 31.5. The molecule has 2 aromatic heterocycles. The maximum Gasteiger partial charge on any atom is 0.0725 e. The molecular weight excluding hydrogens is 695 g/mol. The Hall–Kier alpha value is -6.87. The minimum atomic E-state index is -0.406. The number of pyridine rings is 1. The zero-order valence-electron chi connectivity index (χ0n) is 30.4. The van der Waals surface area contributed by atoms with Crippen LogP contribution in [-0.4, -0.2) is 4.98 Å². The van der Waals surface area contributed by atoms with E-state index in [1.165, 1.54) is 81.4 Å². The highest BCUT2D eigenvalue weighted by Crippen LogP contribution is 2.64. The average molecular weight is 728 g/mol. The molecule has 56 heavy (non-hydrogen) atoms. The van der Waals surface area contributed by atoms with Crippen molar-refractivity contribution >= 4 is 31.5 Å². The number of hydrogen-bond acceptors (Lipinski definition) is 2. The van der Waals surface area contributed by atoms with E-state index in [1.54, 1.807) is 0 Å². The van der Waals surface area contributed by atoms with Gasteiger partial charge in [0, 0.05) is 31.3 Å². The molecule has 12 rings (SSSR count). The molecule has 0 aliphatic heterocycles. The zero-order chi connectivity index (χ0) is 36.8. The summed E-state index contributed by atoms with van der Waals surface area (Å²) in [4.78, 5) is 5.59. The summed E-state index contributed by atoms with van der Waals surface area (Å²) in [6.07, 6.45) is 0. The van der Waals surface area contributed by atoms with Gasteiger partial charge in [-0.1, -0.05) is 176 Å². The van der Waals surface area contributed by atoms with Gasteiger partial charge < -0.3 is 0 Å². The van der Waals surface area contributed by atoms with Crippen molar-refractivity contribution < 1.29 is 0 Å². The molecule has 0 amide bonds. The van der Waals surface area contributed by atoms with E-state index in [9.17, 15) is 0 Å². The van der Waals surface area contributed by atoms with Gasteiger partial charge in [-0.2, -0.15) is 0 Å². The zero-order valence-corrected chi connectivity index (χ0v) is 31.2. The number of fused-ring (bicyclic) bond motifs is 13. The van der Waals surface area contributed by atoms with E-state index in [0.717, 1.165) is 28.1 Å². The molecule has 0 bridgehead atoms. The molecule has 0 unspecified atom stereocenters. The summed E-state index contributed by atoms with van der Waals surface area (Å²) in [5.41, 5.74) is 19.1. The number of hydrogen-bond donors (Lipinski definition) is 0. The van der Waals surface area contributed by atoms with Crippen LogP contribution in [0.1, 0.15) is 22.3 Å². The number of aromatic nitrogens is 1. The summed E-state index contributed by atoms with van der Waals surface area (Å²) < 4.78 is 2.64. The summed E-state index contributed by atoms with van der Waals surface area (Å²) in [7, 11) is 0. The van der Waals surface area contributed by atoms with Crippen LogP contribution in [0.2, 0.25) is 0 Å². The Morgan fingerprint density at radius 1 is 0.339 bits per heavy atom. The normalized spacial score (nSPS) is 13.1. The van der Waals surface area contributed by atoms with Gasteiger partial charge in [-0.25, -0.2) is 4.98 Å². The van der Waals surface area contributed by atoms with E-state index >= 15 is 0 Å². The summed E-state index contributed by atoms with van der Waals surface area (Å²) >= 11 is 1.87. The molecule has 0 fully saturated rings. The largest absolute Gasteiger partial charge is 0.248 e. The fourth-order valence-electron chi connectivity index (χ4n) is 9.79. The molecule has 0 saturated carbocycles. The highest BCUT2D eigenvalue weighted by Gasteiger charge is 2.52. The Morgan fingerprint density at radius 2 is 0.875 bits per heavy atom. The topological polar surface area (TPSA) is 12.9 Å². The van der Waals surface area contributed by atoms with Crippen molar-refractivity contribution in [2.75, 3.05) is 0 Å². The molecule has 1 spiro atoms. The molecular formula is C54H33NS. The maximum absolute atomic E-state index is 5.59. The van der Waals surface area contributed by atoms with Gasteiger partial charge in [0.1, 0.15) is 0 Å². The second kappa shape index (κ2) is 12.1. The third-order valence-electron chi connectivity index (χ3n) is 12.1. The van der Waals surface area contributed by atoms with Gasteiger partial charge in [0.25, 0.3) is 0 Å². The molecule has 0 atom stereocenters. The van der Waals surface area contributed by atoms with Crippen LogP contribution in [0.4, 0.5) is 0 Å². The third-order valence-corrected chi connectivity index (χ3v) is 13.3. The van der Waals surface area contributed by atoms with Crippen LogP contribution in [0.25, 0.3) is 87.2 Å². The average Bonchev–Trinajstić information content (AvgIpc) is 3.91. The molecule has 260 valence electrons. The van der Waals surface area contributed by atoms with Gasteiger partial charge in [-0.15, -0.1) is 11.3 Å². The van der Waals surface area contributed by atoms with Crippen LogP contribution in [0.5, 0.6) is 0 Å². The van der Waals surface area contributed by atoms with Crippen LogP contribution >= 0.6 is 11.3 Å². The molecule has 0 saturated heterocycles. The van der Waals surface area contributed by atoms with E-state index in [4.69, 9.17) is 4.98 Å². The van der Waals surface area contributed by atoms with Crippen molar-refractivity contribution in [2.24, 2.45) is 0 Å². The monoisotopic (exact) mass is 727 g/mol. The van der Waals surface area contributed by atoms with E-state index in [0.29, 0.717) is 0 Å². The molecule has 8 aromatic carbocycles. The lowest BCUT2D eigenvalue weighted by Crippen LogP contribution is -2.25. The minimum absolute atomic E-state index is 0.406. The van der Waals surface area contributed by atoms with E-state index < -0.39 is 5.41 Å². The van der Waals surface area contributed by atoms with Crippen LogP contribution in [-0.2, 0) is 5.41 Å². The van der Waals surface area contributed by atoms with E-state index in [1.807, 2.05) is 11.3 Å². The van der Waals surface area contributed by atoms with E-state index in [2.05, 4.69) is 200 Å². The van der Waals surface area contributed by atoms with Gasteiger partial charge in [0.15, 0.2) is 0 Å². The van der Waals surface area contributed by atoms with Crippen molar-refractivity contribution in [3.8, 4) is 67.0 Å². The number of benzene rings is 8. The molecule has 2 aliphatic rings. The Labute approximate surface area is 329 Å². The Morgan fingerprint density at radius 3 is 1.68 bits per heavy atom. The Kier molecular flexibility index (Phi) is 6.78. The summed E-state index contributed by atoms with van der Waals surface area (Å²) in [6, 6.07) is 73.6. The number of thiophene rings is 1. The quantitative estimate of drug-likeness (QED) is 0.176. The fourth-order valence-corrected chi connectivity index (χ4v) is 11.0. The van der Waals surface area contributed by atoms with Crippen molar-refractivity contribution in [2.45, 2.75) is 5.41 Å². The third kappa shape index (κ3) is 4.39. The van der Waals surface area contributed by atoms with Crippen LogP contribution < -0.4 is 0 Å². The first-order valence-corrected chi connectivity index (χ1v) is 20.1. The predicted molar refractivity (Wildman–Crippen MR) is 235 cm³/mol. The first-order chi connectivity index (χ1) is 27.8. The van der Waals surface area contributed by atoms with Crippen molar-refractivity contribution in [3.63, 3.8) is 0 Å². The standard InChI is InChI=1S/C54H33NS/c1-2-15-34(16-3-1)37-32-49(36-18-12-17-35(31-36)38-23-13-24-42-41-21-7-11-30-51(41)56-53(38)42)55-50(33-37)44-25-14-29-48-52(44)43-22-6-10-28-47(43)54(48)45-26-8-4-19-39(45)40-20-5-9-27-46(40)54/h1-33H. The van der Waals surface area contributed by atoms with Crippen molar-refractivity contribution in [3.05, 3.63) is 222 Å². The lowest BCUT2D eigenvalue weighted by Gasteiger charge is -2.30. The second-order valence-electron chi connectivity index (χ2n) is 15.0. The maximum atomic E-state index is 5.59. The lowest BCUT2D eigenvalue weighted by molar-refractivity contribution is 0.794. The van der Waals surface area contributed by atoms with E-state index in [-0.39, 0.29) is 0 Å². The first-order valence-electron chi connectivity index (χ1n) is 19.3. The summed E-state index contributed by atoms with van der Waals surface area (Å²) in [5, 5.41) is 2.62. The molecule has 0 radical (unpaired) electrons. The van der Waals surface area contributed by atoms with Crippen LogP contribution in [0.3, 0.4) is 0 Å². The smallest absolute Gasteiger partial charge is 0.0725 e. The molecule has 2 heteroatoms. The number of rotatable bonds is 4. The van der Waals surface area contributed by atoms with Crippen molar-refractivity contribution in [1.82, 2.24) is 4.98 Å². The van der Waals surface area contributed by atoms with Crippen LogP contribution in [0, 0.1) is 0 Å². The van der Waals surface area contributed by atoms with Gasteiger partial charge >= 0.3 is 0 Å². The fraction of sp³-hybridized carbons (Fsp3) is 0.0185. The van der Waals surface area contributed by atoms with Gasteiger partial charge in [-0.05, 0) is 91.0 Å². The molecule has 2 aliphatic carbocycles. The molecule has 2 heterocycles. The second-order valence-corrected chi connectivity index (χ2v) is 16.0. The van der Waals surface area contributed by atoms with Crippen LogP contribution in [0.15, 0.2) is 200 Å². The molecule has 10 aromatic rings. The van der Waals surface area contributed by atoms with Gasteiger partial charge in [-0.3, -0.25) is 0 Å². The van der Waals surface area contributed by atoms with Gasteiger partial charge in [0.05, 0.1) is 16.8 Å². The summed E-state index contributed by atoms with van der Waals surface area (Å²) in [6.45, 7) is 0. The highest BCUT2D eigenvalue weighted by atomic mass is 32.1. The summed E-state index contributed by atoms with van der Waals surface area (Å²) in [5.74, 6) is 0. The SMILES string of the molecule is c1ccc(-c2cc(-c3cccc(-c4cccc5c4sc4ccccc45)c3)nc(-c3cccc4c3-c3ccccc3C43c4ccccc4-c4ccccc43)c2)cc1. The Bertz CT molecular complexity index is 3160. The number of nitrogens with zero attached hydrogens (tertiary/aromatic N) is 1. The highest BCUT2D eigenvalue weighted by molar-refractivity contribution is 7.26. The molecule has 1 nitrogen and oxygen atoms in total.